The SMILES string of the molecule is CCCNC(=O)[C@H](Cc1ccccc1)N(Cc1cccc(OC)c1)C(=O)CN(c1cc([N+](=O)[O-])ccc1OC)S(C)(=O)=O. The van der Waals surface area contributed by atoms with Crippen LogP contribution in [0.1, 0.15) is 24.5 Å². The highest BCUT2D eigenvalue weighted by Crippen LogP contribution is 2.34. The highest BCUT2D eigenvalue weighted by molar-refractivity contribution is 7.92. The number of carbonyl (C=O) groups is 2. The Hall–Kier alpha value is -4.65. The lowest BCUT2D eigenvalue weighted by Gasteiger charge is -2.33. The molecule has 1 N–H and O–H groups in total. The Kier molecular flexibility index (Phi) is 11.5. The van der Waals surface area contributed by atoms with Gasteiger partial charge < -0.3 is 19.7 Å². The van der Waals surface area contributed by atoms with E-state index in [1.807, 2.05) is 37.3 Å². The molecule has 0 bridgehead atoms. The first-order valence-electron chi connectivity index (χ1n) is 13.5. The number of amides is 2. The van der Waals surface area contributed by atoms with Crippen LogP contribution in [0.15, 0.2) is 72.8 Å². The number of methoxy groups -OCH3 is 2. The molecule has 0 spiro atoms. The van der Waals surface area contributed by atoms with Crippen LogP contribution in [0.3, 0.4) is 0 Å². The van der Waals surface area contributed by atoms with Gasteiger partial charge in [-0.25, -0.2) is 8.42 Å². The number of sulfonamides is 1. The molecule has 0 aliphatic rings. The third-order valence-electron chi connectivity index (χ3n) is 6.63. The number of non-ortho nitro benzene ring substituents is 1. The van der Waals surface area contributed by atoms with E-state index in [0.717, 1.165) is 22.2 Å². The molecule has 0 aromatic heterocycles. The van der Waals surface area contributed by atoms with Crippen molar-refractivity contribution >= 4 is 33.2 Å². The molecule has 0 unspecified atom stereocenters. The molecule has 0 aliphatic carbocycles. The Bertz CT molecular complexity index is 1530. The van der Waals surface area contributed by atoms with E-state index >= 15 is 0 Å². The molecule has 3 aromatic carbocycles. The zero-order valence-corrected chi connectivity index (χ0v) is 25.4. The van der Waals surface area contributed by atoms with Crippen molar-refractivity contribution in [2.75, 3.05) is 37.9 Å². The molecular formula is C30H36N4O8S. The average Bonchev–Trinajstić information content (AvgIpc) is 2.99. The Balaban J connectivity index is 2.13. The van der Waals surface area contributed by atoms with Crippen molar-refractivity contribution in [2.24, 2.45) is 0 Å². The third-order valence-corrected chi connectivity index (χ3v) is 7.75. The van der Waals surface area contributed by atoms with Crippen molar-refractivity contribution in [1.82, 2.24) is 10.2 Å². The summed E-state index contributed by atoms with van der Waals surface area (Å²) < 4.78 is 37.5. The zero-order valence-electron chi connectivity index (χ0n) is 24.6. The molecule has 230 valence electrons. The van der Waals surface area contributed by atoms with Crippen molar-refractivity contribution in [3.05, 3.63) is 94.0 Å². The minimum atomic E-state index is -4.16. The van der Waals surface area contributed by atoms with Crippen molar-refractivity contribution in [3.63, 3.8) is 0 Å². The maximum atomic E-state index is 14.2. The zero-order chi connectivity index (χ0) is 31.6. The first-order chi connectivity index (χ1) is 20.5. The number of carbonyl (C=O) groups excluding carboxylic acids is 2. The quantitative estimate of drug-likeness (QED) is 0.202. The minimum absolute atomic E-state index is 0.0182. The van der Waals surface area contributed by atoms with E-state index < -0.39 is 39.3 Å². The molecule has 13 heteroatoms. The summed E-state index contributed by atoms with van der Waals surface area (Å²) in [6, 6.07) is 18.6. The second-order valence-corrected chi connectivity index (χ2v) is 11.7. The Morgan fingerprint density at radius 3 is 2.28 bits per heavy atom. The van der Waals surface area contributed by atoms with E-state index in [2.05, 4.69) is 5.32 Å². The Morgan fingerprint density at radius 2 is 1.67 bits per heavy atom. The van der Waals surface area contributed by atoms with Gasteiger partial charge >= 0.3 is 0 Å². The maximum absolute atomic E-state index is 14.2. The van der Waals surface area contributed by atoms with Crippen molar-refractivity contribution in [1.29, 1.82) is 0 Å². The van der Waals surface area contributed by atoms with Crippen molar-refractivity contribution in [3.8, 4) is 11.5 Å². The van der Waals surface area contributed by atoms with Gasteiger partial charge in [0.05, 0.1) is 25.4 Å². The van der Waals surface area contributed by atoms with Crippen LogP contribution in [0.25, 0.3) is 0 Å². The Labute approximate surface area is 251 Å². The molecule has 1 atom stereocenters. The van der Waals surface area contributed by atoms with Crippen LogP contribution in [-0.4, -0.2) is 69.7 Å². The van der Waals surface area contributed by atoms with Crippen molar-refractivity contribution in [2.45, 2.75) is 32.4 Å². The number of nitrogens with zero attached hydrogens (tertiary/aromatic N) is 3. The van der Waals surface area contributed by atoms with Gasteiger partial charge in [-0.1, -0.05) is 49.4 Å². The summed E-state index contributed by atoms with van der Waals surface area (Å²) in [5.41, 5.74) is 0.880. The van der Waals surface area contributed by atoms with Gasteiger partial charge in [0.15, 0.2) is 0 Å². The summed E-state index contributed by atoms with van der Waals surface area (Å²) in [4.78, 5) is 39.9. The lowest BCUT2D eigenvalue weighted by Crippen LogP contribution is -2.53. The first kappa shape index (κ1) is 32.9. The van der Waals surface area contributed by atoms with Crippen LogP contribution in [0.5, 0.6) is 11.5 Å². The predicted octanol–water partition coefficient (Wildman–Crippen LogP) is 3.54. The van der Waals surface area contributed by atoms with Gasteiger partial charge in [0, 0.05) is 31.6 Å². The fourth-order valence-electron chi connectivity index (χ4n) is 4.47. The van der Waals surface area contributed by atoms with Crippen LogP contribution in [0.2, 0.25) is 0 Å². The van der Waals surface area contributed by atoms with Crippen LogP contribution in [0.4, 0.5) is 11.4 Å². The number of nitrogens with one attached hydrogen (secondary N) is 1. The summed E-state index contributed by atoms with van der Waals surface area (Å²) in [5.74, 6) is -0.543. The number of nitro groups is 1. The molecule has 3 rings (SSSR count). The van der Waals surface area contributed by atoms with E-state index in [0.29, 0.717) is 24.3 Å². The maximum Gasteiger partial charge on any atom is 0.271 e. The number of nitro benzene ring substituents is 1. The minimum Gasteiger partial charge on any atom is -0.497 e. The molecular weight excluding hydrogens is 576 g/mol. The lowest BCUT2D eigenvalue weighted by molar-refractivity contribution is -0.384. The number of hydrogen-bond donors (Lipinski definition) is 1. The van der Waals surface area contributed by atoms with Gasteiger partial charge in [-0.2, -0.15) is 0 Å². The van der Waals surface area contributed by atoms with Crippen molar-refractivity contribution < 1.29 is 32.4 Å². The molecule has 2 amide bonds. The molecule has 0 aliphatic heterocycles. The van der Waals surface area contributed by atoms with Gasteiger partial charge in [0.1, 0.15) is 29.8 Å². The number of anilines is 1. The van der Waals surface area contributed by atoms with Gasteiger partial charge in [-0.15, -0.1) is 0 Å². The summed E-state index contributed by atoms with van der Waals surface area (Å²) in [5, 5.41) is 14.4. The number of rotatable bonds is 15. The smallest absolute Gasteiger partial charge is 0.271 e. The molecule has 0 heterocycles. The van der Waals surface area contributed by atoms with Crippen LogP contribution in [0, 0.1) is 10.1 Å². The van der Waals surface area contributed by atoms with Gasteiger partial charge in [-0.05, 0) is 35.7 Å². The summed E-state index contributed by atoms with van der Waals surface area (Å²) in [6.45, 7) is 1.50. The highest BCUT2D eigenvalue weighted by atomic mass is 32.2. The molecule has 0 radical (unpaired) electrons. The normalized spacial score (nSPS) is 11.7. The van der Waals surface area contributed by atoms with Gasteiger partial charge in [0.25, 0.3) is 5.69 Å². The van der Waals surface area contributed by atoms with Gasteiger partial charge in [0.2, 0.25) is 21.8 Å². The summed E-state index contributed by atoms with van der Waals surface area (Å²) in [7, 11) is -1.36. The number of hydrogen-bond acceptors (Lipinski definition) is 8. The fraction of sp³-hybridized carbons (Fsp3) is 0.333. The second kappa shape index (κ2) is 15.0. The fourth-order valence-corrected chi connectivity index (χ4v) is 5.31. The lowest BCUT2D eigenvalue weighted by atomic mass is 10.0. The van der Waals surface area contributed by atoms with Crippen LogP contribution in [-0.2, 0) is 32.6 Å². The summed E-state index contributed by atoms with van der Waals surface area (Å²) in [6.07, 6.45) is 1.72. The van der Waals surface area contributed by atoms with E-state index in [1.54, 1.807) is 24.3 Å². The van der Waals surface area contributed by atoms with E-state index in [-0.39, 0.29) is 30.1 Å². The highest BCUT2D eigenvalue weighted by Gasteiger charge is 2.34. The van der Waals surface area contributed by atoms with Crippen LogP contribution < -0.4 is 19.1 Å². The average molecular weight is 613 g/mol. The third kappa shape index (κ3) is 8.92. The molecule has 0 saturated heterocycles. The second-order valence-electron chi connectivity index (χ2n) is 9.75. The first-order valence-corrected chi connectivity index (χ1v) is 15.4. The van der Waals surface area contributed by atoms with E-state index in [4.69, 9.17) is 9.47 Å². The van der Waals surface area contributed by atoms with E-state index in [1.165, 1.54) is 31.3 Å². The molecule has 43 heavy (non-hydrogen) atoms. The predicted molar refractivity (Wildman–Crippen MR) is 163 cm³/mol. The molecule has 12 nitrogen and oxygen atoms in total. The monoisotopic (exact) mass is 612 g/mol. The van der Waals surface area contributed by atoms with E-state index in [9.17, 15) is 28.1 Å². The topological polar surface area (TPSA) is 148 Å². The summed E-state index contributed by atoms with van der Waals surface area (Å²) >= 11 is 0. The molecule has 0 fully saturated rings. The van der Waals surface area contributed by atoms with Crippen LogP contribution >= 0.6 is 0 Å². The number of benzene rings is 3. The molecule has 3 aromatic rings. The largest absolute Gasteiger partial charge is 0.497 e. The standard InChI is InChI=1S/C30H36N4O8S/c1-5-16-31-30(36)27(18-22-10-7-6-8-11-22)32(20-23-12-9-13-25(17-23)41-2)29(35)21-33(43(4,39)40)26-19-24(34(37)38)14-15-28(26)42-3/h6-15,17,19,27H,5,16,18,20-21H2,1-4H3,(H,31,36)/t27-/m0/s1. The molecule has 0 saturated carbocycles. The Morgan fingerprint density at radius 1 is 0.977 bits per heavy atom. The number of ether oxygens (including phenoxy) is 2. The van der Waals surface area contributed by atoms with Gasteiger partial charge in [-0.3, -0.25) is 24.0 Å².